The maximum Gasteiger partial charge on any atom is 0.146 e. The first-order chi connectivity index (χ1) is 9.20. The second-order valence-corrected chi connectivity index (χ2v) is 4.72. The van der Waals surface area contributed by atoms with Crippen LogP contribution in [0.4, 0.5) is 11.6 Å². The lowest BCUT2D eigenvalue weighted by Gasteiger charge is -2.27. The molecule has 1 fully saturated rings. The number of nitrogens with zero attached hydrogens (tertiary/aromatic N) is 3. The maximum absolute atomic E-state index is 9.15. The molecule has 0 amide bonds. The summed E-state index contributed by atoms with van der Waals surface area (Å²) in [5.41, 5.74) is 7.16. The van der Waals surface area contributed by atoms with Gasteiger partial charge in [-0.25, -0.2) is 4.98 Å². The number of nitriles is 1. The van der Waals surface area contributed by atoms with Crippen molar-refractivity contribution in [3.8, 4) is 6.07 Å². The highest BCUT2D eigenvalue weighted by atomic mass is 15.2. The normalized spacial score (nSPS) is 16.0. The third-order valence-electron chi connectivity index (χ3n) is 3.28. The van der Waals surface area contributed by atoms with Crippen molar-refractivity contribution in [1.29, 1.82) is 5.26 Å². The summed E-state index contributed by atoms with van der Waals surface area (Å²) in [5, 5.41) is 15.7. The van der Waals surface area contributed by atoms with E-state index in [-0.39, 0.29) is 0 Å². The van der Waals surface area contributed by atoms with E-state index in [1.807, 2.05) is 6.92 Å². The van der Waals surface area contributed by atoms with Gasteiger partial charge in [-0.15, -0.1) is 0 Å². The molecule has 1 aliphatic rings. The predicted octanol–water partition coefficient (Wildman–Crippen LogP) is 0.161. The van der Waals surface area contributed by atoms with Crippen molar-refractivity contribution in [3.63, 3.8) is 0 Å². The molecule has 1 aromatic rings. The van der Waals surface area contributed by atoms with Gasteiger partial charge in [-0.3, -0.25) is 4.90 Å². The van der Waals surface area contributed by atoms with Crippen molar-refractivity contribution in [2.45, 2.75) is 6.92 Å². The lowest BCUT2D eigenvalue weighted by Crippen LogP contribution is -2.45. The van der Waals surface area contributed by atoms with Gasteiger partial charge in [-0.05, 0) is 18.6 Å². The zero-order chi connectivity index (χ0) is 13.7. The molecule has 1 saturated heterocycles. The van der Waals surface area contributed by atoms with E-state index in [0.717, 1.165) is 44.8 Å². The highest BCUT2D eigenvalue weighted by Crippen LogP contribution is 2.18. The molecule has 0 aliphatic carbocycles. The van der Waals surface area contributed by atoms with Crippen LogP contribution in [0, 0.1) is 18.3 Å². The van der Waals surface area contributed by atoms with Crippen molar-refractivity contribution in [2.75, 3.05) is 50.3 Å². The van der Waals surface area contributed by atoms with Gasteiger partial charge in [0.05, 0.1) is 5.56 Å². The Balaban J connectivity index is 1.93. The number of aromatic nitrogens is 1. The molecule has 1 aromatic heterocycles. The summed E-state index contributed by atoms with van der Waals surface area (Å²) in [6, 6.07) is 3.90. The summed E-state index contributed by atoms with van der Waals surface area (Å²) in [6.07, 6.45) is 0. The number of nitrogen functional groups attached to an aromatic ring is 1. The quantitative estimate of drug-likeness (QED) is 0.714. The molecular weight excluding hydrogens is 240 g/mol. The average molecular weight is 260 g/mol. The third kappa shape index (κ3) is 3.56. The van der Waals surface area contributed by atoms with Crippen LogP contribution in [0.2, 0.25) is 0 Å². The molecule has 1 aliphatic heterocycles. The number of rotatable bonds is 4. The summed E-state index contributed by atoms with van der Waals surface area (Å²) < 4.78 is 0. The van der Waals surface area contributed by atoms with E-state index in [2.05, 4.69) is 26.6 Å². The minimum absolute atomic E-state index is 0.446. The van der Waals surface area contributed by atoms with Gasteiger partial charge in [-0.1, -0.05) is 0 Å². The number of anilines is 2. The van der Waals surface area contributed by atoms with Crippen LogP contribution in [0.3, 0.4) is 0 Å². The highest BCUT2D eigenvalue weighted by molar-refractivity contribution is 5.59. The molecule has 0 unspecified atom stereocenters. The van der Waals surface area contributed by atoms with Gasteiger partial charge in [0.1, 0.15) is 17.7 Å². The first-order valence-corrected chi connectivity index (χ1v) is 6.55. The lowest BCUT2D eigenvalue weighted by molar-refractivity contribution is 0.249. The van der Waals surface area contributed by atoms with Crippen LogP contribution in [0.25, 0.3) is 0 Å². The Labute approximate surface area is 113 Å². The molecule has 102 valence electrons. The SMILES string of the molecule is Cc1cc(N)nc(NCCN2CCNCC2)c1C#N. The number of hydrogen-bond acceptors (Lipinski definition) is 6. The summed E-state index contributed by atoms with van der Waals surface area (Å²) in [7, 11) is 0. The van der Waals surface area contributed by atoms with Crippen LogP contribution in [0.15, 0.2) is 6.07 Å². The number of hydrogen-bond donors (Lipinski definition) is 3. The molecular formula is C13H20N6. The van der Waals surface area contributed by atoms with E-state index >= 15 is 0 Å². The Kier molecular flexibility index (Phi) is 4.55. The van der Waals surface area contributed by atoms with E-state index in [1.54, 1.807) is 6.07 Å². The Bertz CT molecular complexity index is 473. The van der Waals surface area contributed by atoms with Gasteiger partial charge in [0.2, 0.25) is 0 Å². The monoisotopic (exact) mass is 260 g/mol. The molecule has 0 saturated carbocycles. The molecule has 19 heavy (non-hydrogen) atoms. The highest BCUT2D eigenvalue weighted by Gasteiger charge is 2.11. The molecule has 2 heterocycles. The lowest BCUT2D eigenvalue weighted by atomic mass is 10.1. The van der Waals surface area contributed by atoms with E-state index in [1.165, 1.54) is 0 Å². The smallest absolute Gasteiger partial charge is 0.146 e. The Morgan fingerprint density at radius 3 is 2.95 bits per heavy atom. The van der Waals surface area contributed by atoms with Crippen LogP contribution in [0.1, 0.15) is 11.1 Å². The molecule has 0 aromatic carbocycles. The van der Waals surface area contributed by atoms with E-state index in [0.29, 0.717) is 17.2 Å². The fourth-order valence-corrected chi connectivity index (χ4v) is 2.23. The third-order valence-corrected chi connectivity index (χ3v) is 3.28. The fourth-order valence-electron chi connectivity index (χ4n) is 2.23. The van der Waals surface area contributed by atoms with Gasteiger partial charge >= 0.3 is 0 Å². The number of pyridine rings is 1. The van der Waals surface area contributed by atoms with Gasteiger partial charge in [0, 0.05) is 39.3 Å². The van der Waals surface area contributed by atoms with Crippen LogP contribution >= 0.6 is 0 Å². The van der Waals surface area contributed by atoms with Gasteiger partial charge in [0.15, 0.2) is 0 Å². The predicted molar refractivity (Wildman–Crippen MR) is 75.9 cm³/mol. The second-order valence-electron chi connectivity index (χ2n) is 4.72. The molecule has 0 atom stereocenters. The fraction of sp³-hybridized carbons (Fsp3) is 0.538. The first kappa shape index (κ1) is 13.6. The van der Waals surface area contributed by atoms with Crippen molar-refractivity contribution in [3.05, 3.63) is 17.2 Å². The van der Waals surface area contributed by atoms with Crippen molar-refractivity contribution < 1.29 is 0 Å². The van der Waals surface area contributed by atoms with Crippen LogP contribution < -0.4 is 16.4 Å². The number of nitrogens with one attached hydrogen (secondary N) is 2. The largest absolute Gasteiger partial charge is 0.384 e. The summed E-state index contributed by atoms with van der Waals surface area (Å²) in [6.45, 7) is 7.80. The Morgan fingerprint density at radius 2 is 2.26 bits per heavy atom. The summed E-state index contributed by atoms with van der Waals surface area (Å²) >= 11 is 0. The van der Waals surface area contributed by atoms with E-state index in [4.69, 9.17) is 11.0 Å². The number of nitrogens with two attached hydrogens (primary N) is 1. The summed E-state index contributed by atoms with van der Waals surface area (Å²) in [5.74, 6) is 1.04. The first-order valence-electron chi connectivity index (χ1n) is 6.55. The average Bonchev–Trinajstić information content (AvgIpc) is 2.39. The Hall–Kier alpha value is -1.84. The minimum Gasteiger partial charge on any atom is -0.384 e. The van der Waals surface area contributed by atoms with E-state index in [9.17, 15) is 0 Å². The zero-order valence-electron chi connectivity index (χ0n) is 11.2. The molecule has 4 N–H and O–H groups in total. The molecule has 6 heteroatoms. The Morgan fingerprint density at radius 1 is 1.53 bits per heavy atom. The van der Waals surface area contributed by atoms with Gasteiger partial charge < -0.3 is 16.4 Å². The summed E-state index contributed by atoms with van der Waals surface area (Å²) in [4.78, 5) is 6.58. The molecule has 0 spiro atoms. The zero-order valence-corrected chi connectivity index (χ0v) is 11.2. The second kappa shape index (κ2) is 6.36. The van der Waals surface area contributed by atoms with Crippen molar-refractivity contribution in [2.24, 2.45) is 0 Å². The number of aryl methyl sites for hydroxylation is 1. The number of piperazine rings is 1. The molecule has 0 radical (unpaired) electrons. The molecule has 6 nitrogen and oxygen atoms in total. The van der Waals surface area contributed by atoms with Crippen molar-refractivity contribution in [1.82, 2.24) is 15.2 Å². The standard InChI is InChI=1S/C13H20N6/c1-10-8-12(15)18-13(11(10)9-14)17-4-7-19-5-2-16-3-6-19/h8,16H,2-7H2,1H3,(H3,15,17,18). The van der Waals surface area contributed by atoms with Crippen molar-refractivity contribution >= 4 is 11.6 Å². The van der Waals surface area contributed by atoms with Gasteiger partial charge in [-0.2, -0.15) is 5.26 Å². The van der Waals surface area contributed by atoms with Crippen LogP contribution in [-0.2, 0) is 0 Å². The minimum atomic E-state index is 0.446. The van der Waals surface area contributed by atoms with Gasteiger partial charge in [0.25, 0.3) is 0 Å². The van der Waals surface area contributed by atoms with Crippen LogP contribution in [-0.4, -0.2) is 49.2 Å². The molecule has 2 rings (SSSR count). The van der Waals surface area contributed by atoms with E-state index < -0.39 is 0 Å². The maximum atomic E-state index is 9.15. The topological polar surface area (TPSA) is 90.0 Å². The van der Waals surface area contributed by atoms with Crippen LogP contribution in [0.5, 0.6) is 0 Å². The molecule has 0 bridgehead atoms.